The maximum atomic E-state index is 13.8. The maximum absolute atomic E-state index is 13.8. The third kappa shape index (κ3) is 4.02. The van der Waals surface area contributed by atoms with Crippen molar-refractivity contribution in [2.45, 2.75) is 39.3 Å². The van der Waals surface area contributed by atoms with Crippen LogP contribution in [0.25, 0.3) is 11.1 Å². The minimum Gasteiger partial charge on any atom is -0.475 e. The van der Waals surface area contributed by atoms with Gasteiger partial charge in [0, 0.05) is 12.3 Å². The zero-order chi connectivity index (χ0) is 17.0. The van der Waals surface area contributed by atoms with E-state index in [0.717, 1.165) is 11.1 Å². The predicted octanol–water partition coefficient (Wildman–Crippen LogP) is 4.25. The molecule has 120 valence electrons. The van der Waals surface area contributed by atoms with Crippen LogP contribution in [0.4, 0.5) is 4.39 Å². The molecule has 0 atom stereocenters. The summed E-state index contributed by atoms with van der Waals surface area (Å²) in [5.41, 5.74) is 1.31. The van der Waals surface area contributed by atoms with Crippen molar-refractivity contribution in [2.24, 2.45) is 4.99 Å². The first-order valence-corrected chi connectivity index (χ1v) is 7.35. The van der Waals surface area contributed by atoms with Gasteiger partial charge in [-0.25, -0.2) is 14.2 Å². The molecule has 4 nitrogen and oxygen atoms in total. The van der Waals surface area contributed by atoms with Crippen LogP contribution in [0.15, 0.2) is 41.5 Å². The molecule has 0 aliphatic heterocycles. The Morgan fingerprint density at radius 2 is 2.00 bits per heavy atom. The van der Waals surface area contributed by atoms with Crippen LogP contribution in [0.3, 0.4) is 0 Å². The lowest BCUT2D eigenvalue weighted by molar-refractivity contribution is 0.233. The quantitative estimate of drug-likeness (QED) is 0.612. The Hall–Kier alpha value is -2.52. The Morgan fingerprint density at radius 3 is 2.65 bits per heavy atom. The van der Waals surface area contributed by atoms with E-state index in [1.54, 1.807) is 44.3 Å². The highest BCUT2D eigenvalue weighted by atomic mass is 19.1. The summed E-state index contributed by atoms with van der Waals surface area (Å²) in [5, 5.41) is 0. The molecule has 0 amide bonds. The Labute approximate surface area is 135 Å². The third-order valence-corrected chi connectivity index (χ3v) is 3.37. The summed E-state index contributed by atoms with van der Waals surface area (Å²) in [7, 11) is 0. The van der Waals surface area contributed by atoms with Crippen molar-refractivity contribution in [1.29, 1.82) is 0 Å². The molecule has 0 spiro atoms. The summed E-state index contributed by atoms with van der Waals surface area (Å²) in [6.07, 6.45) is 3.18. The van der Waals surface area contributed by atoms with Gasteiger partial charge in [0.2, 0.25) is 12.0 Å². The van der Waals surface area contributed by atoms with E-state index in [9.17, 15) is 9.18 Å². The zero-order valence-electron chi connectivity index (χ0n) is 13.6. The van der Waals surface area contributed by atoms with E-state index >= 15 is 0 Å². The molecular weight excluding hydrogens is 295 g/mol. The summed E-state index contributed by atoms with van der Waals surface area (Å²) in [4.78, 5) is 18.7. The van der Waals surface area contributed by atoms with E-state index in [1.165, 1.54) is 12.1 Å². The first-order valence-electron chi connectivity index (χ1n) is 7.35. The number of pyridine rings is 1. The van der Waals surface area contributed by atoms with Crippen LogP contribution >= 0.6 is 0 Å². The van der Waals surface area contributed by atoms with E-state index in [1.807, 2.05) is 13.8 Å². The molecule has 0 bridgehead atoms. The molecule has 5 heteroatoms. The molecule has 0 saturated heterocycles. The molecule has 0 aliphatic rings. The molecule has 0 radical (unpaired) electrons. The Kier molecular flexibility index (Phi) is 4.92. The van der Waals surface area contributed by atoms with Crippen molar-refractivity contribution in [2.75, 3.05) is 0 Å². The smallest absolute Gasteiger partial charge is 0.235 e. The minimum absolute atomic E-state index is 0.0131. The highest BCUT2D eigenvalue weighted by Crippen LogP contribution is 2.35. The van der Waals surface area contributed by atoms with Crippen LogP contribution in [0, 0.1) is 5.82 Å². The lowest BCUT2D eigenvalue weighted by Gasteiger charge is -2.22. The number of rotatable bonds is 5. The SMILES string of the molecule is CC(C)Oc1cc(-c2cc(F)ccc2C(C)(C)N=C=O)ccn1. The van der Waals surface area contributed by atoms with Crippen LogP contribution in [0.5, 0.6) is 5.88 Å². The van der Waals surface area contributed by atoms with Crippen molar-refractivity contribution >= 4 is 6.08 Å². The van der Waals surface area contributed by atoms with Gasteiger partial charge in [-0.05, 0) is 62.6 Å². The Balaban J connectivity index is 2.59. The highest BCUT2D eigenvalue weighted by Gasteiger charge is 2.24. The van der Waals surface area contributed by atoms with Gasteiger partial charge in [-0.1, -0.05) is 6.07 Å². The molecule has 0 saturated carbocycles. The van der Waals surface area contributed by atoms with Gasteiger partial charge in [0.1, 0.15) is 5.82 Å². The topological polar surface area (TPSA) is 51.5 Å². The van der Waals surface area contributed by atoms with Gasteiger partial charge in [0.15, 0.2) is 0 Å². The molecule has 2 aromatic rings. The van der Waals surface area contributed by atoms with Gasteiger partial charge >= 0.3 is 0 Å². The van der Waals surface area contributed by atoms with E-state index in [0.29, 0.717) is 11.4 Å². The molecule has 0 unspecified atom stereocenters. The average Bonchev–Trinajstić information content (AvgIpc) is 2.46. The van der Waals surface area contributed by atoms with Crippen molar-refractivity contribution in [1.82, 2.24) is 4.98 Å². The summed E-state index contributed by atoms with van der Waals surface area (Å²) in [5.74, 6) is 0.0992. The highest BCUT2D eigenvalue weighted by molar-refractivity contribution is 5.69. The number of ether oxygens (including phenoxy) is 1. The number of halogens is 1. The van der Waals surface area contributed by atoms with Gasteiger partial charge < -0.3 is 4.74 Å². The molecule has 0 N–H and O–H groups in total. The van der Waals surface area contributed by atoms with Crippen molar-refractivity contribution in [3.8, 4) is 17.0 Å². The number of hydrogen-bond acceptors (Lipinski definition) is 4. The van der Waals surface area contributed by atoms with Crippen LogP contribution in [-0.4, -0.2) is 17.2 Å². The van der Waals surface area contributed by atoms with E-state index in [2.05, 4.69) is 9.98 Å². The molecule has 23 heavy (non-hydrogen) atoms. The zero-order valence-corrected chi connectivity index (χ0v) is 13.6. The number of nitrogens with zero attached hydrogens (tertiary/aromatic N) is 2. The first-order chi connectivity index (χ1) is 10.8. The van der Waals surface area contributed by atoms with Crippen LogP contribution in [0.2, 0.25) is 0 Å². The van der Waals surface area contributed by atoms with Crippen LogP contribution < -0.4 is 4.74 Å². The second-order valence-electron chi connectivity index (χ2n) is 6.00. The molecule has 0 fully saturated rings. The van der Waals surface area contributed by atoms with Crippen LogP contribution in [0.1, 0.15) is 33.3 Å². The number of isocyanates is 1. The number of aromatic nitrogens is 1. The lowest BCUT2D eigenvalue weighted by Crippen LogP contribution is -2.15. The lowest BCUT2D eigenvalue weighted by atomic mass is 9.87. The Bertz CT molecular complexity index is 750. The second-order valence-corrected chi connectivity index (χ2v) is 6.00. The number of benzene rings is 1. The Morgan fingerprint density at radius 1 is 1.26 bits per heavy atom. The fraction of sp³-hybridized carbons (Fsp3) is 0.333. The van der Waals surface area contributed by atoms with Crippen molar-refractivity contribution in [3.05, 3.63) is 47.9 Å². The molecule has 1 heterocycles. The summed E-state index contributed by atoms with van der Waals surface area (Å²) in [6, 6.07) is 7.93. The number of carbonyl (C=O) groups excluding carboxylic acids is 1. The van der Waals surface area contributed by atoms with E-state index in [-0.39, 0.29) is 11.9 Å². The van der Waals surface area contributed by atoms with Gasteiger partial charge in [-0.2, -0.15) is 4.99 Å². The van der Waals surface area contributed by atoms with Gasteiger partial charge in [-0.15, -0.1) is 0 Å². The first kappa shape index (κ1) is 16.8. The summed E-state index contributed by atoms with van der Waals surface area (Å²) in [6.45, 7) is 7.37. The van der Waals surface area contributed by atoms with E-state index < -0.39 is 5.54 Å². The third-order valence-electron chi connectivity index (χ3n) is 3.37. The number of aliphatic imine (C=N–C) groups is 1. The van der Waals surface area contributed by atoms with Gasteiger partial charge in [0.25, 0.3) is 0 Å². The fourth-order valence-corrected chi connectivity index (χ4v) is 2.35. The molecular formula is C18H19FN2O2. The van der Waals surface area contributed by atoms with Gasteiger partial charge in [0.05, 0.1) is 11.6 Å². The molecule has 1 aromatic carbocycles. The second kappa shape index (κ2) is 6.71. The van der Waals surface area contributed by atoms with Crippen molar-refractivity contribution in [3.63, 3.8) is 0 Å². The monoisotopic (exact) mass is 314 g/mol. The largest absolute Gasteiger partial charge is 0.475 e. The van der Waals surface area contributed by atoms with Crippen LogP contribution in [-0.2, 0) is 10.3 Å². The molecule has 2 rings (SSSR count). The average molecular weight is 314 g/mol. The minimum atomic E-state index is -0.812. The molecule has 1 aromatic heterocycles. The van der Waals surface area contributed by atoms with Crippen molar-refractivity contribution < 1.29 is 13.9 Å². The summed E-state index contributed by atoms with van der Waals surface area (Å²) < 4.78 is 19.4. The normalized spacial score (nSPS) is 11.2. The molecule has 0 aliphatic carbocycles. The number of hydrogen-bond donors (Lipinski definition) is 0. The van der Waals surface area contributed by atoms with E-state index in [4.69, 9.17) is 4.74 Å². The predicted molar refractivity (Wildman–Crippen MR) is 86.5 cm³/mol. The van der Waals surface area contributed by atoms with Gasteiger partial charge in [-0.3, -0.25) is 0 Å². The maximum Gasteiger partial charge on any atom is 0.235 e. The summed E-state index contributed by atoms with van der Waals surface area (Å²) >= 11 is 0. The standard InChI is InChI=1S/C18H19FN2O2/c1-12(2)23-17-9-13(7-8-20-17)15-10-14(19)5-6-16(15)18(3,4)21-11-22/h5-10,12H,1-4H3. The fourth-order valence-electron chi connectivity index (χ4n) is 2.35.